The SMILES string of the molecule is Nc1nccc(NI)n1. The van der Waals surface area contributed by atoms with E-state index in [4.69, 9.17) is 5.73 Å². The lowest BCUT2D eigenvalue weighted by Gasteiger charge is -1.94. The summed E-state index contributed by atoms with van der Waals surface area (Å²) in [5.74, 6) is 1.01. The van der Waals surface area contributed by atoms with Crippen LogP contribution in [0.1, 0.15) is 0 Å². The molecule has 0 aromatic carbocycles. The van der Waals surface area contributed by atoms with Gasteiger partial charge >= 0.3 is 0 Å². The van der Waals surface area contributed by atoms with Crippen LogP contribution in [0.4, 0.5) is 11.8 Å². The molecule has 48 valence electrons. The Morgan fingerprint density at radius 1 is 1.67 bits per heavy atom. The van der Waals surface area contributed by atoms with E-state index in [0.717, 1.165) is 5.82 Å². The summed E-state index contributed by atoms with van der Waals surface area (Å²) in [6.07, 6.45) is 1.60. The van der Waals surface area contributed by atoms with Crippen molar-refractivity contribution >= 4 is 34.6 Å². The molecule has 1 aromatic rings. The lowest BCUT2D eigenvalue weighted by molar-refractivity contribution is 1.20. The van der Waals surface area contributed by atoms with Gasteiger partial charge in [-0.15, -0.1) is 0 Å². The third-order valence-electron chi connectivity index (χ3n) is 0.771. The monoisotopic (exact) mass is 236 g/mol. The van der Waals surface area contributed by atoms with Gasteiger partial charge in [-0.2, -0.15) is 4.98 Å². The van der Waals surface area contributed by atoms with Gasteiger partial charge < -0.3 is 9.26 Å². The van der Waals surface area contributed by atoms with Crippen LogP contribution in [0.15, 0.2) is 12.3 Å². The van der Waals surface area contributed by atoms with E-state index in [1.54, 1.807) is 12.3 Å². The Bertz CT molecular complexity index is 202. The fourth-order valence-electron chi connectivity index (χ4n) is 0.426. The molecule has 3 N–H and O–H groups in total. The van der Waals surface area contributed by atoms with Crippen molar-refractivity contribution in [2.75, 3.05) is 9.26 Å². The fraction of sp³-hybridized carbons (Fsp3) is 0. The Hall–Kier alpha value is -0.590. The number of hydrogen-bond acceptors (Lipinski definition) is 4. The Labute approximate surface area is 66.4 Å². The van der Waals surface area contributed by atoms with E-state index in [2.05, 4.69) is 13.5 Å². The van der Waals surface area contributed by atoms with Crippen LogP contribution in [0.5, 0.6) is 0 Å². The molecule has 1 heterocycles. The molecule has 0 fully saturated rings. The zero-order chi connectivity index (χ0) is 6.69. The standard InChI is InChI=1S/C4H5IN4/c5-9-3-1-2-7-4(6)8-3/h1-2H,(H3,6,7,8,9). The quantitative estimate of drug-likeness (QED) is 0.559. The number of nitrogen functional groups attached to an aromatic ring is 1. The van der Waals surface area contributed by atoms with Gasteiger partial charge in [0, 0.05) is 6.20 Å². The molecule has 0 bridgehead atoms. The molecule has 5 heteroatoms. The van der Waals surface area contributed by atoms with E-state index in [-0.39, 0.29) is 5.95 Å². The van der Waals surface area contributed by atoms with Crippen LogP contribution in [-0.2, 0) is 0 Å². The van der Waals surface area contributed by atoms with Crippen LogP contribution in [0.3, 0.4) is 0 Å². The minimum atomic E-state index is 0.289. The average molecular weight is 236 g/mol. The van der Waals surface area contributed by atoms with Gasteiger partial charge in [0.15, 0.2) is 0 Å². The molecular weight excluding hydrogens is 231 g/mol. The zero-order valence-corrected chi connectivity index (χ0v) is 6.66. The summed E-state index contributed by atoms with van der Waals surface area (Å²) in [6.45, 7) is 0. The zero-order valence-electron chi connectivity index (χ0n) is 4.50. The normalized spacial score (nSPS) is 9.00. The van der Waals surface area contributed by atoms with Gasteiger partial charge in [-0.25, -0.2) is 4.98 Å². The molecule has 0 unspecified atom stereocenters. The first-order chi connectivity index (χ1) is 4.33. The summed E-state index contributed by atoms with van der Waals surface area (Å²) < 4.78 is 2.81. The maximum absolute atomic E-state index is 5.27. The van der Waals surface area contributed by atoms with Crippen LogP contribution in [0, 0.1) is 0 Å². The molecule has 0 atom stereocenters. The van der Waals surface area contributed by atoms with Crippen LogP contribution in [0.2, 0.25) is 0 Å². The van der Waals surface area contributed by atoms with Crippen LogP contribution in [-0.4, -0.2) is 9.97 Å². The molecule has 0 aliphatic carbocycles. The highest BCUT2D eigenvalue weighted by Crippen LogP contribution is 2.03. The molecule has 0 spiro atoms. The number of nitrogens with two attached hydrogens (primary N) is 1. The predicted octanol–water partition coefficient (Wildman–Crippen LogP) is 0.821. The molecule has 1 aromatic heterocycles. The third-order valence-corrected chi connectivity index (χ3v) is 1.32. The Morgan fingerprint density at radius 3 is 2.89 bits per heavy atom. The van der Waals surface area contributed by atoms with Crippen molar-refractivity contribution in [3.8, 4) is 0 Å². The minimum absolute atomic E-state index is 0.289. The van der Waals surface area contributed by atoms with E-state index in [0.29, 0.717) is 0 Å². The van der Waals surface area contributed by atoms with Crippen LogP contribution in [0.25, 0.3) is 0 Å². The van der Waals surface area contributed by atoms with Gasteiger partial charge in [0.05, 0.1) is 22.9 Å². The molecule has 0 radical (unpaired) electrons. The summed E-state index contributed by atoms with van der Waals surface area (Å²) in [6, 6.07) is 1.74. The van der Waals surface area contributed by atoms with Crippen LogP contribution >= 0.6 is 22.9 Å². The fourth-order valence-corrected chi connectivity index (χ4v) is 0.727. The van der Waals surface area contributed by atoms with Crippen molar-refractivity contribution in [2.24, 2.45) is 0 Å². The van der Waals surface area contributed by atoms with Gasteiger partial charge in [0.1, 0.15) is 5.82 Å². The third kappa shape index (κ3) is 1.67. The maximum Gasteiger partial charge on any atom is 0.221 e. The van der Waals surface area contributed by atoms with Crippen molar-refractivity contribution in [2.45, 2.75) is 0 Å². The second-order valence-electron chi connectivity index (χ2n) is 1.39. The van der Waals surface area contributed by atoms with Gasteiger partial charge in [0.25, 0.3) is 0 Å². The number of halogens is 1. The van der Waals surface area contributed by atoms with Crippen molar-refractivity contribution in [1.82, 2.24) is 9.97 Å². The van der Waals surface area contributed by atoms with Crippen molar-refractivity contribution < 1.29 is 0 Å². The summed E-state index contributed by atoms with van der Waals surface area (Å²) >= 11 is 1.97. The summed E-state index contributed by atoms with van der Waals surface area (Å²) in [5.41, 5.74) is 5.27. The molecule has 0 amide bonds. The maximum atomic E-state index is 5.27. The molecule has 1 rings (SSSR count). The van der Waals surface area contributed by atoms with E-state index < -0.39 is 0 Å². The van der Waals surface area contributed by atoms with E-state index >= 15 is 0 Å². The topological polar surface area (TPSA) is 63.8 Å². The number of nitrogens with one attached hydrogen (secondary N) is 1. The van der Waals surface area contributed by atoms with Crippen molar-refractivity contribution in [3.05, 3.63) is 12.3 Å². The first kappa shape index (κ1) is 6.53. The van der Waals surface area contributed by atoms with Gasteiger partial charge in [-0.05, 0) is 6.07 Å². The van der Waals surface area contributed by atoms with Gasteiger partial charge in [-0.1, -0.05) is 0 Å². The molecule has 0 aliphatic rings. The molecule has 9 heavy (non-hydrogen) atoms. The smallest absolute Gasteiger partial charge is 0.221 e. The second-order valence-corrected chi connectivity index (χ2v) is 1.93. The highest BCUT2D eigenvalue weighted by molar-refractivity contribution is 14.1. The molecule has 0 saturated carbocycles. The summed E-state index contributed by atoms with van der Waals surface area (Å²) in [5, 5.41) is 0. The van der Waals surface area contributed by atoms with Gasteiger partial charge in [-0.3, -0.25) is 0 Å². The highest BCUT2D eigenvalue weighted by Gasteiger charge is 1.89. The first-order valence-electron chi connectivity index (χ1n) is 2.28. The highest BCUT2D eigenvalue weighted by atomic mass is 127. The average Bonchev–Trinajstić information content (AvgIpc) is 1.88. The Balaban J connectivity index is 2.94. The molecular formula is C4H5IN4. The molecule has 0 aliphatic heterocycles. The van der Waals surface area contributed by atoms with Crippen LogP contribution < -0.4 is 9.26 Å². The largest absolute Gasteiger partial charge is 0.368 e. The Kier molecular flexibility index (Phi) is 2.04. The first-order valence-corrected chi connectivity index (χ1v) is 3.36. The second kappa shape index (κ2) is 2.81. The summed E-state index contributed by atoms with van der Waals surface area (Å²) in [4.78, 5) is 7.55. The van der Waals surface area contributed by atoms with Crippen molar-refractivity contribution in [3.63, 3.8) is 0 Å². The number of anilines is 2. The number of rotatable bonds is 1. The minimum Gasteiger partial charge on any atom is -0.368 e. The lowest BCUT2D eigenvalue weighted by atomic mass is 10.6. The predicted molar refractivity (Wildman–Crippen MR) is 44.1 cm³/mol. The Morgan fingerprint density at radius 2 is 2.44 bits per heavy atom. The van der Waals surface area contributed by atoms with E-state index in [9.17, 15) is 0 Å². The number of aromatic nitrogens is 2. The lowest BCUT2D eigenvalue weighted by Crippen LogP contribution is -1.95. The van der Waals surface area contributed by atoms with E-state index in [1.807, 2.05) is 22.9 Å². The van der Waals surface area contributed by atoms with Gasteiger partial charge in [0.2, 0.25) is 5.95 Å². The molecule has 4 nitrogen and oxygen atoms in total. The number of nitrogens with zero attached hydrogens (tertiary/aromatic N) is 2. The summed E-state index contributed by atoms with van der Waals surface area (Å²) in [7, 11) is 0. The molecule has 0 saturated heterocycles. The number of hydrogen-bond donors (Lipinski definition) is 2. The van der Waals surface area contributed by atoms with Crippen molar-refractivity contribution in [1.29, 1.82) is 0 Å². The van der Waals surface area contributed by atoms with E-state index in [1.165, 1.54) is 0 Å².